The highest BCUT2D eigenvalue weighted by Gasteiger charge is 2.31. The molecule has 2 amide bonds. The zero-order chi connectivity index (χ0) is 13.9. The average Bonchev–Trinajstić information content (AvgIpc) is 2.71. The van der Waals surface area contributed by atoms with Gasteiger partial charge in [-0.2, -0.15) is 5.26 Å². The highest BCUT2D eigenvalue weighted by Crippen LogP contribution is 2.19. The smallest absolute Gasteiger partial charge is 0.268 e. The maximum Gasteiger partial charge on any atom is 0.268 e. The highest BCUT2D eigenvalue weighted by atomic mass is 16.2. The predicted molar refractivity (Wildman–Crippen MR) is 65.4 cm³/mol. The summed E-state index contributed by atoms with van der Waals surface area (Å²) in [6, 6.07) is 2.54. The minimum absolute atomic E-state index is 0.224. The van der Waals surface area contributed by atoms with Crippen molar-refractivity contribution < 1.29 is 9.59 Å². The van der Waals surface area contributed by atoms with Crippen molar-refractivity contribution in [3.05, 3.63) is 23.5 Å². The minimum Gasteiger partial charge on any atom is -0.368 e. The van der Waals surface area contributed by atoms with Gasteiger partial charge in [-0.05, 0) is 11.5 Å². The number of aromatic amines is 1. The third kappa shape index (κ3) is 3.10. The number of amides is 2. The molecule has 0 aromatic carbocycles. The van der Waals surface area contributed by atoms with Gasteiger partial charge in [0.2, 0.25) is 5.91 Å². The molecule has 0 fully saturated rings. The first-order chi connectivity index (χ1) is 8.25. The molecular formula is C12H16N4O2. The molecule has 4 N–H and O–H groups in total. The normalized spacial score (nSPS) is 12.6. The summed E-state index contributed by atoms with van der Waals surface area (Å²) in [4.78, 5) is 25.9. The number of nitrogens with zero attached hydrogens (tertiary/aromatic N) is 1. The summed E-state index contributed by atoms with van der Waals surface area (Å²) < 4.78 is 0. The molecule has 0 aliphatic rings. The standard InChI is InChI=1S/C12H16N4O2/c1-12(2,3)9(10(14)17)16-11(18)8-4-7(5-13)6-15-8/h4,6,9,15H,1-3H3,(H2,14,17)(H,16,18)/t9-/m1/s1. The Bertz CT molecular complexity index is 505. The number of rotatable bonds is 3. The molecule has 1 rings (SSSR count). The zero-order valence-electron chi connectivity index (χ0n) is 10.6. The summed E-state index contributed by atoms with van der Waals surface area (Å²) in [7, 11) is 0. The Balaban J connectivity index is 2.86. The van der Waals surface area contributed by atoms with Gasteiger partial charge < -0.3 is 16.0 Å². The van der Waals surface area contributed by atoms with Crippen molar-refractivity contribution in [3.8, 4) is 6.07 Å². The van der Waals surface area contributed by atoms with E-state index in [0.29, 0.717) is 5.56 Å². The van der Waals surface area contributed by atoms with Gasteiger partial charge in [-0.3, -0.25) is 9.59 Å². The van der Waals surface area contributed by atoms with E-state index in [0.717, 1.165) is 0 Å². The van der Waals surface area contributed by atoms with Crippen molar-refractivity contribution >= 4 is 11.8 Å². The first kappa shape index (κ1) is 13.8. The second kappa shape index (κ2) is 4.92. The van der Waals surface area contributed by atoms with Crippen molar-refractivity contribution in [2.24, 2.45) is 11.1 Å². The predicted octanol–water partition coefficient (Wildman–Crippen LogP) is 0.516. The minimum atomic E-state index is -0.779. The molecule has 0 aliphatic heterocycles. The maximum absolute atomic E-state index is 11.9. The Labute approximate surface area is 105 Å². The lowest BCUT2D eigenvalue weighted by Crippen LogP contribution is -2.52. The van der Waals surface area contributed by atoms with E-state index in [1.165, 1.54) is 12.3 Å². The number of carbonyl (C=O) groups excluding carboxylic acids is 2. The number of aromatic nitrogens is 1. The molecule has 0 spiro atoms. The van der Waals surface area contributed by atoms with Gasteiger partial charge >= 0.3 is 0 Å². The molecule has 0 radical (unpaired) electrons. The topological polar surface area (TPSA) is 112 Å². The Kier molecular flexibility index (Phi) is 3.76. The summed E-state index contributed by atoms with van der Waals surface area (Å²) in [5.74, 6) is -1.06. The molecule has 1 heterocycles. The second-order valence-corrected chi connectivity index (χ2v) is 5.09. The third-order valence-corrected chi connectivity index (χ3v) is 2.48. The van der Waals surface area contributed by atoms with Crippen molar-refractivity contribution in [2.75, 3.05) is 0 Å². The number of nitriles is 1. The summed E-state index contributed by atoms with van der Waals surface area (Å²) in [6.45, 7) is 5.41. The Morgan fingerprint density at radius 3 is 2.50 bits per heavy atom. The van der Waals surface area contributed by atoms with E-state index in [-0.39, 0.29) is 5.69 Å². The molecule has 96 valence electrons. The SMILES string of the molecule is CC(C)(C)[C@H](NC(=O)c1cc(C#N)c[nH]1)C(N)=O. The van der Waals surface area contributed by atoms with Crippen LogP contribution in [-0.2, 0) is 4.79 Å². The van der Waals surface area contributed by atoms with E-state index >= 15 is 0 Å². The van der Waals surface area contributed by atoms with Crippen LogP contribution in [0.15, 0.2) is 12.3 Å². The van der Waals surface area contributed by atoms with Crippen LogP contribution in [0.4, 0.5) is 0 Å². The van der Waals surface area contributed by atoms with Crippen LogP contribution >= 0.6 is 0 Å². The van der Waals surface area contributed by atoms with Gasteiger partial charge in [0.15, 0.2) is 0 Å². The van der Waals surface area contributed by atoms with Crippen molar-refractivity contribution in [1.29, 1.82) is 5.26 Å². The van der Waals surface area contributed by atoms with Crippen LogP contribution in [0.1, 0.15) is 36.8 Å². The zero-order valence-corrected chi connectivity index (χ0v) is 10.6. The van der Waals surface area contributed by atoms with Crippen LogP contribution in [0, 0.1) is 16.7 Å². The summed E-state index contributed by atoms with van der Waals surface area (Å²) >= 11 is 0. The van der Waals surface area contributed by atoms with Crippen LogP contribution < -0.4 is 11.1 Å². The van der Waals surface area contributed by atoms with Gasteiger partial charge in [-0.1, -0.05) is 20.8 Å². The van der Waals surface area contributed by atoms with Crippen LogP contribution in [-0.4, -0.2) is 22.8 Å². The quantitative estimate of drug-likeness (QED) is 0.724. The number of nitrogens with two attached hydrogens (primary N) is 1. The van der Waals surface area contributed by atoms with Gasteiger partial charge in [0.05, 0.1) is 5.56 Å². The van der Waals surface area contributed by atoms with Gasteiger partial charge in [-0.15, -0.1) is 0 Å². The van der Waals surface area contributed by atoms with E-state index in [2.05, 4.69) is 10.3 Å². The Morgan fingerprint density at radius 1 is 1.50 bits per heavy atom. The fraction of sp³-hybridized carbons (Fsp3) is 0.417. The van der Waals surface area contributed by atoms with Gasteiger partial charge in [0, 0.05) is 6.20 Å². The van der Waals surface area contributed by atoms with E-state index in [1.54, 1.807) is 20.8 Å². The molecule has 1 atom stereocenters. The van der Waals surface area contributed by atoms with Crippen molar-refractivity contribution in [1.82, 2.24) is 10.3 Å². The fourth-order valence-corrected chi connectivity index (χ4v) is 1.51. The van der Waals surface area contributed by atoms with Crippen molar-refractivity contribution in [3.63, 3.8) is 0 Å². The average molecular weight is 248 g/mol. The molecule has 0 saturated carbocycles. The molecule has 0 bridgehead atoms. The Hall–Kier alpha value is -2.29. The van der Waals surface area contributed by atoms with Crippen LogP contribution in [0.25, 0.3) is 0 Å². The van der Waals surface area contributed by atoms with Crippen molar-refractivity contribution in [2.45, 2.75) is 26.8 Å². The number of H-pyrrole nitrogens is 1. The van der Waals surface area contributed by atoms with Crippen LogP contribution in [0.3, 0.4) is 0 Å². The molecule has 6 heteroatoms. The largest absolute Gasteiger partial charge is 0.368 e. The summed E-state index contributed by atoms with van der Waals surface area (Å²) in [5.41, 5.74) is 5.36. The lowest BCUT2D eigenvalue weighted by atomic mass is 9.86. The number of hydrogen-bond donors (Lipinski definition) is 3. The molecule has 0 unspecified atom stereocenters. The van der Waals surface area contributed by atoms with Gasteiger partial charge in [0.1, 0.15) is 17.8 Å². The molecule has 0 aliphatic carbocycles. The van der Waals surface area contributed by atoms with Gasteiger partial charge in [0.25, 0.3) is 5.91 Å². The van der Waals surface area contributed by atoms with E-state index in [9.17, 15) is 9.59 Å². The lowest BCUT2D eigenvalue weighted by Gasteiger charge is -2.28. The number of carbonyl (C=O) groups is 2. The number of primary amides is 1. The summed E-state index contributed by atoms with van der Waals surface area (Å²) in [6.07, 6.45) is 1.42. The molecular weight excluding hydrogens is 232 g/mol. The monoisotopic (exact) mass is 248 g/mol. The lowest BCUT2D eigenvalue weighted by molar-refractivity contribution is -0.122. The van der Waals surface area contributed by atoms with Crippen LogP contribution in [0.2, 0.25) is 0 Å². The number of nitrogens with one attached hydrogen (secondary N) is 2. The molecule has 18 heavy (non-hydrogen) atoms. The maximum atomic E-state index is 11.9. The van der Waals surface area contributed by atoms with E-state index in [1.807, 2.05) is 6.07 Å². The highest BCUT2D eigenvalue weighted by molar-refractivity contribution is 5.96. The van der Waals surface area contributed by atoms with Gasteiger partial charge in [-0.25, -0.2) is 0 Å². The molecule has 1 aromatic heterocycles. The third-order valence-electron chi connectivity index (χ3n) is 2.48. The first-order valence-electron chi connectivity index (χ1n) is 5.44. The Morgan fingerprint density at radius 2 is 2.11 bits per heavy atom. The fourth-order valence-electron chi connectivity index (χ4n) is 1.51. The summed E-state index contributed by atoms with van der Waals surface area (Å²) in [5, 5.41) is 11.2. The van der Waals surface area contributed by atoms with E-state index in [4.69, 9.17) is 11.0 Å². The first-order valence-corrected chi connectivity index (χ1v) is 5.44. The van der Waals surface area contributed by atoms with E-state index < -0.39 is 23.3 Å². The molecule has 0 saturated heterocycles. The number of hydrogen-bond acceptors (Lipinski definition) is 3. The second-order valence-electron chi connectivity index (χ2n) is 5.09. The van der Waals surface area contributed by atoms with Crippen LogP contribution in [0.5, 0.6) is 0 Å². The molecule has 1 aromatic rings. The molecule has 6 nitrogen and oxygen atoms in total.